The molecule has 150 valence electrons. The first kappa shape index (κ1) is 20.9. The van der Waals surface area contributed by atoms with Crippen LogP contribution in [0.25, 0.3) is 0 Å². The van der Waals surface area contributed by atoms with Crippen LogP contribution in [0.15, 0.2) is 29.0 Å². The van der Waals surface area contributed by atoms with E-state index in [-0.39, 0.29) is 18.7 Å². The maximum Gasteiger partial charge on any atom is 0.274 e. The van der Waals surface area contributed by atoms with Gasteiger partial charge in [0.05, 0.1) is 30.0 Å². The number of hydrogen-bond donors (Lipinski definition) is 1. The molecule has 1 amide bonds. The Morgan fingerprint density at radius 3 is 2.75 bits per heavy atom. The molecule has 3 heterocycles. The molecular weight excluding hydrogens is 456 g/mol. The topological polar surface area (TPSA) is 71.0 Å². The van der Waals surface area contributed by atoms with Gasteiger partial charge >= 0.3 is 0 Å². The van der Waals surface area contributed by atoms with E-state index in [1.807, 2.05) is 0 Å². The van der Waals surface area contributed by atoms with Gasteiger partial charge in [-0.1, -0.05) is 18.5 Å². The van der Waals surface area contributed by atoms with E-state index in [0.717, 1.165) is 0 Å². The quantitative estimate of drug-likeness (QED) is 0.719. The van der Waals surface area contributed by atoms with Crippen molar-refractivity contribution in [2.45, 2.75) is 32.2 Å². The first-order chi connectivity index (χ1) is 13.2. The van der Waals surface area contributed by atoms with Crippen molar-refractivity contribution in [1.82, 2.24) is 19.9 Å². The molecule has 1 aliphatic heterocycles. The van der Waals surface area contributed by atoms with Crippen LogP contribution in [0.5, 0.6) is 0 Å². The van der Waals surface area contributed by atoms with Gasteiger partial charge in [0.2, 0.25) is 5.95 Å². The van der Waals surface area contributed by atoms with Crippen molar-refractivity contribution >= 4 is 39.4 Å². The minimum absolute atomic E-state index is 0.123. The van der Waals surface area contributed by atoms with Crippen LogP contribution >= 0.6 is 27.5 Å². The number of aromatic nitrogens is 3. The van der Waals surface area contributed by atoms with Crippen LogP contribution < -0.4 is 5.32 Å². The van der Waals surface area contributed by atoms with E-state index in [1.165, 1.54) is 17.3 Å². The summed E-state index contributed by atoms with van der Waals surface area (Å²) in [5.74, 6) is -3.61. The van der Waals surface area contributed by atoms with E-state index in [0.29, 0.717) is 21.1 Å². The number of nitrogens with zero attached hydrogens (tertiary/aromatic N) is 4. The van der Waals surface area contributed by atoms with E-state index in [2.05, 4.69) is 36.2 Å². The van der Waals surface area contributed by atoms with Crippen molar-refractivity contribution in [3.8, 4) is 0 Å². The predicted octanol–water partition coefficient (Wildman–Crippen LogP) is 4.19. The number of rotatable bonds is 4. The second-order valence-electron chi connectivity index (χ2n) is 6.93. The summed E-state index contributed by atoms with van der Waals surface area (Å²) < 4.78 is 29.0. The highest BCUT2D eigenvalue weighted by molar-refractivity contribution is 9.10. The monoisotopic (exact) mass is 473 g/mol. The zero-order valence-electron chi connectivity index (χ0n) is 15.3. The number of piperidine rings is 1. The third kappa shape index (κ3) is 4.75. The zero-order valence-corrected chi connectivity index (χ0v) is 17.6. The molecule has 2 aromatic rings. The number of hydrogen-bond acceptors (Lipinski definition) is 5. The Balaban J connectivity index is 1.85. The van der Waals surface area contributed by atoms with Crippen molar-refractivity contribution < 1.29 is 13.6 Å². The largest absolute Gasteiger partial charge is 0.352 e. The lowest BCUT2D eigenvalue weighted by molar-refractivity contribution is -0.0899. The number of carbonyl (C=O) groups excluding carboxylic acids is 1. The zero-order chi connectivity index (χ0) is 20.5. The molecule has 1 saturated heterocycles. The van der Waals surface area contributed by atoms with Gasteiger partial charge in [0.25, 0.3) is 11.8 Å². The second-order valence-corrected chi connectivity index (χ2v) is 8.22. The highest BCUT2D eigenvalue weighted by Crippen LogP contribution is 2.35. The number of anilines is 1. The molecule has 0 radical (unpaired) electrons. The van der Waals surface area contributed by atoms with Gasteiger partial charge in [-0.25, -0.2) is 23.7 Å². The Hall–Kier alpha value is -1.87. The Kier molecular flexibility index (Phi) is 6.14. The number of likely N-dealkylation sites (tertiary alicyclic amines) is 1. The van der Waals surface area contributed by atoms with Crippen molar-refractivity contribution in [2.24, 2.45) is 5.92 Å². The lowest BCUT2D eigenvalue weighted by Crippen LogP contribution is -2.57. The second kappa shape index (κ2) is 8.24. The molecule has 10 heteroatoms. The van der Waals surface area contributed by atoms with Crippen LogP contribution in [-0.2, 0) is 0 Å². The number of carbonyl (C=O) groups is 1. The Morgan fingerprint density at radius 1 is 1.39 bits per heavy atom. The molecular formula is C18H19BrClF2N5O. The van der Waals surface area contributed by atoms with Gasteiger partial charge in [0.1, 0.15) is 5.69 Å². The van der Waals surface area contributed by atoms with Gasteiger partial charge in [0, 0.05) is 23.1 Å². The average molecular weight is 475 g/mol. The summed E-state index contributed by atoms with van der Waals surface area (Å²) in [4.78, 5) is 26.6. The predicted molar refractivity (Wildman–Crippen MR) is 106 cm³/mol. The molecule has 0 saturated carbocycles. The fourth-order valence-corrected chi connectivity index (χ4v) is 3.79. The fourth-order valence-electron chi connectivity index (χ4n) is 3.30. The van der Waals surface area contributed by atoms with E-state index >= 15 is 0 Å². The lowest BCUT2D eigenvalue weighted by Gasteiger charge is -2.43. The number of alkyl halides is 2. The van der Waals surface area contributed by atoms with Gasteiger partial charge in [-0.15, -0.1) is 0 Å². The molecule has 1 aliphatic rings. The van der Waals surface area contributed by atoms with Crippen LogP contribution in [0.2, 0.25) is 5.02 Å². The first-order valence-corrected chi connectivity index (χ1v) is 9.87. The highest BCUT2D eigenvalue weighted by Gasteiger charge is 2.46. The third-order valence-corrected chi connectivity index (χ3v) is 5.45. The summed E-state index contributed by atoms with van der Waals surface area (Å²) >= 11 is 9.07. The summed E-state index contributed by atoms with van der Waals surface area (Å²) in [5.41, 5.74) is 0.755. The Labute approximate surface area is 174 Å². The minimum atomic E-state index is -2.96. The van der Waals surface area contributed by atoms with Crippen LogP contribution in [-0.4, -0.2) is 50.8 Å². The van der Waals surface area contributed by atoms with Crippen molar-refractivity contribution in [3.05, 3.63) is 45.4 Å². The molecule has 0 bridgehead atoms. The SMILES string of the molecule is Cc1ccc(Br)c(C(=O)N2CC(F)(F)C[C@@H](C)C2CNc2ncc(Cl)cn2)n1. The van der Waals surface area contributed by atoms with Crippen molar-refractivity contribution in [3.63, 3.8) is 0 Å². The van der Waals surface area contributed by atoms with Gasteiger partial charge in [-0.3, -0.25) is 4.79 Å². The molecule has 2 atom stereocenters. The molecule has 1 fully saturated rings. The van der Waals surface area contributed by atoms with Crippen molar-refractivity contribution in [1.29, 1.82) is 0 Å². The van der Waals surface area contributed by atoms with E-state index < -0.39 is 30.3 Å². The first-order valence-electron chi connectivity index (χ1n) is 8.69. The normalized spacial score (nSPS) is 21.4. The van der Waals surface area contributed by atoms with Gasteiger partial charge < -0.3 is 10.2 Å². The molecule has 28 heavy (non-hydrogen) atoms. The maximum absolute atomic E-state index is 14.3. The third-order valence-electron chi connectivity index (χ3n) is 4.62. The molecule has 0 aromatic carbocycles. The number of amides is 1. The smallest absolute Gasteiger partial charge is 0.274 e. The summed E-state index contributed by atoms with van der Waals surface area (Å²) in [6.45, 7) is 3.02. The van der Waals surface area contributed by atoms with Gasteiger partial charge in [-0.2, -0.15) is 0 Å². The molecule has 3 rings (SSSR count). The Bertz CT molecular complexity index is 868. The van der Waals surface area contributed by atoms with Gasteiger partial charge in [-0.05, 0) is 40.9 Å². The summed E-state index contributed by atoms with van der Waals surface area (Å²) in [6.07, 6.45) is 2.57. The van der Waals surface area contributed by atoms with Crippen LogP contribution in [0, 0.1) is 12.8 Å². The molecule has 1 N–H and O–H groups in total. The maximum atomic E-state index is 14.3. The number of nitrogens with one attached hydrogen (secondary N) is 1. The summed E-state index contributed by atoms with van der Waals surface area (Å²) in [6, 6.07) is 2.96. The highest BCUT2D eigenvalue weighted by atomic mass is 79.9. The van der Waals surface area contributed by atoms with Crippen molar-refractivity contribution in [2.75, 3.05) is 18.4 Å². The van der Waals surface area contributed by atoms with E-state index in [1.54, 1.807) is 26.0 Å². The molecule has 0 aliphatic carbocycles. The molecule has 1 unspecified atom stereocenters. The average Bonchev–Trinajstić information content (AvgIpc) is 2.62. The van der Waals surface area contributed by atoms with Gasteiger partial charge in [0.15, 0.2) is 0 Å². The minimum Gasteiger partial charge on any atom is -0.352 e. The molecule has 6 nitrogen and oxygen atoms in total. The number of pyridine rings is 1. The van der Waals surface area contributed by atoms with E-state index in [4.69, 9.17) is 11.6 Å². The molecule has 0 spiro atoms. The van der Waals surface area contributed by atoms with E-state index in [9.17, 15) is 13.6 Å². The number of halogens is 4. The van der Waals surface area contributed by atoms with Crippen LogP contribution in [0.4, 0.5) is 14.7 Å². The summed E-state index contributed by atoms with van der Waals surface area (Å²) in [7, 11) is 0. The standard InChI is InChI=1S/C18H19BrClF2N5O/c1-10-5-18(21,22)9-27(16(28)15-13(19)4-3-11(2)26-15)14(10)8-25-17-23-6-12(20)7-24-17/h3-4,6-7,10,14H,5,8-9H2,1-2H3,(H,23,24,25)/t10-,14?/m1/s1. The Morgan fingerprint density at radius 2 is 2.07 bits per heavy atom. The fraction of sp³-hybridized carbons (Fsp3) is 0.444. The van der Waals surface area contributed by atoms with Crippen LogP contribution in [0.1, 0.15) is 29.5 Å². The lowest BCUT2D eigenvalue weighted by atomic mass is 9.88. The van der Waals surface area contributed by atoms with Crippen LogP contribution in [0.3, 0.4) is 0 Å². The molecule has 2 aromatic heterocycles. The summed E-state index contributed by atoms with van der Waals surface area (Å²) in [5, 5.41) is 3.40. The number of aryl methyl sites for hydroxylation is 1.